The Hall–Kier alpha value is -1.99. The van der Waals surface area contributed by atoms with Crippen molar-refractivity contribution in [1.82, 2.24) is 5.32 Å². The van der Waals surface area contributed by atoms with E-state index >= 15 is 0 Å². The highest BCUT2D eigenvalue weighted by Crippen LogP contribution is 2.23. The van der Waals surface area contributed by atoms with Crippen LogP contribution >= 0.6 is 11.8 Å². The third-order valence-corrected chi connectivity index (χ3v) is 6.64. The maximum atomic E-state index is 12.5. The molecule has 0 aliphatic rings. The molecule has 0 bridgehead atoms. The lowest BCUT2D eigenvalue weighted by Crippen LogP contribution is -2.27. The van der Waals surface area contributed by atoms with Crippen LogP contribution < -0.4 is 10.0 Å². The second-order valence-electron chi connectivity index (χ2n) is 7.66. The molecule has 0 radical (unpaired) electrons. The van der Waals surface area contributed by atoms with Crippen molar-refractivity contribution in [2.45, 2.75) is 44.3 Å². The Morgan fingerprint density at radius 3 is 2.25 bits per heavy atom. The van der Waals surface area contributed by atoms with Crippen LogP contribution in [-0.4, -0.2) is 31.4 Å². The molecule has 0 unspecified atom stereocenters. The van der Waals surface area contributed by atoms with Crippen molar-refractivity contribution in [3.05, 3.63) is 59.2 Å². The minimum atomic E-state index is -3.67. The zero-order valence-electron chi connectivity index (χ0n) is 17.0. The first-order valence-electron chi connectivity index (χ1n) is 9.10. The minimum absolute atomic E-state index is 0.162. The topological polar surface area (TPSA) is 75.3 Å². The fourth-order valence-corrected chi connectivity index (χ4v) is 4.41. The molecule has 1 amide bonds. The molecule has 0 saturated carbocycles. The van der Waals surface area contributed by atoms with Gasteiger partial charge in [-0.15, -0.1) is 0 Å². The zero-order chi connectivity index (χ0) is 20.9. The minimum Gasteiger partial charge on any atom is -0.351 e. The number of carbonyl (C=O) groups is 1. The highest BCUT2D eigenvalue weighted by atomic mass is 32.2. The van der Waals surface area contributed by atoms with Gasteiger partial charge in [-0.1, -0.05) is 38.5 Å². The summed E-state index contributed by atoms with van der Waals surface area (Å²) in [6.45, 7) is 10.7. The van der Waals surface area contributed by atoms with Gasteiger partial charge in [-0.3, -0.25) is 9.52 Å². The molecule has 28 heavy (non-hydrogen) atoms. The summed E-state index contributed by atoms with van der Waals surface area (Å²) in [5.74, 6) is 0.674. The molecule has 0 aromatic heterocycles. The first-order valence-corrected chi connectivity index (χ1v) is 11.6. The number of nitrogens with one attached hydrogen (secondary N) is 2. The maximum absolute atomic E-state index is 12.5. The van der Waals surface area contributed by atoms with E-state index < -0.39 is 10.0 Å². The van der Waals surface area contributed by atoms with Crippen molar-refractivity contribution in [3.8, 4) is 0 Å². The molecule has 0 saturated heterocycles. The molecule has 2 rings (SSSR count). The quantitative estimate of drug-likeness (QED) is 0.653. The fraction of sp³-hybridized carbons (Fsp3) is 0.381. The summed E-state index contributed by atoms with van der Waals surface area (Å²) < 4.78 is 27.9. The predicted molar refractivity (Wildman–Crippen MR) is 118 cm³/mol. The van der Waals surface area contributed by atoms with Gasteiger partial charge in [-0.25, -0.2) is 8.42 Å². The monoisotopic (exact) mass is 420 g/mol. The van der Waals surface area contributed by atoms with Crippen LogP contribution in [0.25, 0.3) is 0 Å². The summed E-state index contributed by atoms with van der Waals surface area (Å²) in [4.78, 5) is 12.5. The highest BCUT2D eigenvalue weighted by molar-refractivity contribution is 8.00. The number of sulfonamides is 1. The van der Waals surface area contributed by atoms with Crippen LogP contribution in [0.2, 0.25) is 0 Å². The number of anilines is 1. The Labute approximate surface area is 172 Å². The molecule has 2 aromatic rings. The van der Waals surface area contributed by atoms with Crippen molar-refractivity contribution in [3.63, 3.8) is 0 Å². The molecule has 0 aliphatic carbocycles. The highest BCUT2D eigenvalue weighted by Gasteiger charge is 2.16. The van der Waals surface area contributed by atoms with Gasteiger partial charge in [0.25, 0.3) is 15.9 Å². The number of hydrogen-bond acceptors (Lipinski definition) is 4. The number of thioether (sulfide) groups is 1. The normalized spacial score (nSPS) is 11.9. The third-order valence-electron chi connectivity index (χ3n) is 3.99. The van der Waals surface area contributed by atoms with Crippen molar-refractivity contribution in [2.75, 3.05) is 17.0 Å². The zero-order valence-corrected chi connectivity index (χ0v) is 18.6. The molecular weight excluding hydrogens is 392 g/mol. The first-order chi connectivity index (χ1) is 13.0. The van der Waals surface area contributed by atoms with E-state index in [1.807, 2.05) is 6.92 Å². The van der Waals surface area contributed by atoms with E-state index in [0.717, 1.165) is 11.3 Å². The second kappa shape index (κ2) is 9.01. The van der Waals surface area contributed by atoms with E-state index in [0.29, 0.717) is 23.4 Å². The molecular formula is C21H28N2O3S2. The summed E-state index contributed by atoms with van der Waals surface area (Å²) in [7, 11) is -3.67. The third kappa shape index (κ3) is 6.56. The van der Waals surface area contributed by atoms with Gasteiger partial charge >= 0.3 is 0 Å². The smallest absolute Gasteiger partial charge is 0.261 e. The predicted octanol–water partition coefficient (Wildman–Crippen LogP) is 4.37. The Bertz CT molecular complexity index is 931. The molecule has 7 heteroatoms. The summed E-state index contributed by atoms with van der Waals surface area (Å²) in [5.41, 5.74) is 2.65. The number of hydrogen-bond donors (Lipinski definition) is 2. The summed E-state index contributed by atoms with van der Waals surface area (Å²) >= 11 is 1.79. The molecule has 0 fully saturated rings. The van der Waals surface area contributed by atoms with Gasteiger partial charge in [0.2, 0.25) is 0 Å². The largest absolute Gasteiger partial charge is 0.351 e. The summed E-state index contributed by atoms with van der Waals surface area (Å²) in [6.07, 6.45) is 0. The number of amides is 1. The molecule has 0 spiro atoms. The van der Waals surface area contributed by atoms with E-state index in [4.69, 9.17) is 0 Å². The lowest BCUT2D eigenvalue weighted by Gasteiger charge is -2.17. The Balaban J connectivity index is 2.03. The molecule has 0 heterocycles. The molecule has 2 N–H and O–H groups in total. The van der Waals surface area contributed by atoms with E-state index in [-0.39, 0.29) is 15.5 Å². The van der Waals surface area contributed by atoms with E-state index in [2.05, 4.69) is 30.8 Å². The lowest BCUT2D eigenvalue weighted by molar-refractivity contribution is 0.0956. The number of carbonyl (C=O) groups excluding carboxylic acids is 1. The SMILES string of the molecule is Cc1ccc(S(=O)(=O)Nc2ccc(C(=O)NCCSC(C)(C)C)cc2C)cc1. The van der Waals surface area contributed by atoms with E-state index in [1.54, 1.807) is 61.2 Å². The van der Waals surface area contributed by atoms with Gasteiger partial charge in [0.1, 0.15) is 0 Å². The van der Waals surface area contributed by atoms with Gasteiger partial charge < -0.3 is 5.32 Å². The van der Waals surface area contributed by atoms with Crippen LogP contribution in [0.5, 0.6) is 0 Å². The van der Waals surface area contributed by atoms with Gasteiger partial charge in [-0.2, -0.15) is 11.8 Å². The van der Waals surface area contributed by atoms with Gasteiger partial charge in [0.15, 0.2) is 0 Å². The number of rotatable bonds is 7. The van der Waals surface area contributed by atoms with Crippen LogP contribution in [0.4, 0.5) is 5.69 Å². The van der Waals surface area contributed by atoms with Crippen LogP contribution in [0.3, 0.4) is 0 Å². The average molecular weight is 421 g/mol. The molecule has 0 atom stereocenters. The number of benzene rings is 2. The van der Waals surface area contributed by atoms with Crippen LogP contribution in [0, 0.1) is 13.8 Å². The second-order valence-corrected chi connectivity index (χ2v) is 11.3. The fourth-order valence-electron chi connectivity index (χ4n) is 2.46. The molecule has 0 aliphatic heterocycles. The standard InChI is InChI=1S/C21H28N2O3S2/c1-15-6-9-18(10-7-15)28(25,26)23-19-11-8-17(14-16(19)2)20(24)22-12-13-27-21(3,4)5/h6-11,14,23H,12-13H2,1-5H3,(H,22,24). The Kier molecular flexibility index (Phi) is 7.17. The van der Waals surface area contributed by atoms with Crippen LogP contribution in [0.15, 0.2) is 47.4 Å². The lowest BCUT2D eigenvalue weighted by atomic mass is 10.1. The van der Waals surface area contributed by atoms with Gasteiger partial charge in [-0.05, 0) is 49.7 Å². The summed E-state index contributed by atoms with van der Waals surface area (Å²) in [5, 5.41) is 2.90. The van der Waals surface area contributed by atoms with Crippen LogP contribution in [0.1, 0.15) is 42.3 Å². The van der Waals surface area contributed by atoms with Crippen molar-refractivity contribution < 1.29 is 13.2 Å². The van der Waals surface area contributed by atoms with Crippen molar-refractivity contribution in [1.29, 1.82) is 0 Å². The van der Waals surface area contributed by atoms with E-state index in [1.165, 1.54) is 0 Å². The maximum Gasteiger partial charge on any atom is 0.261 e. The van der Waals surface area contributed by atoms with Gasteiger partial charge in [0, 0.05) is 22.6 Å². The molecule has 5 nitrogen and oxygen atoms in total. The summed E-state index contributed by atoms with van der Waals surface area (Å²) in [6, 6.07) is 11.6. The van der Waals surface area contributed by atoms with E-state index in [9.17, 15) is 13.2 Å². The van der Waals surface area contributed by atoms with Crippen molar-refractivity contribution in [2.24, 2.45) is 0 Å². The van der Waals surface area contributed by atoms with Crippen LogP contribution in [-0.2, 0) is 10.0 Å². The Morgan fingerprint density at radius 2 is 1.68 bits per heavy atom. The van der Waals surface area contributed by atoms with Gasteiger partial charge in [0.05, 0.1) is 10.6 Å². The Morgan fingerprint density at radius 1 is 1.04 bits per heavy atom. The number of aryl methyl sites for hydroxylation is 2. The van der Waals surface area contributed by atoms with Crippen molar-refractivity contribution >= 4 is 33.4 Å². The molecule has 2 aromatic carbocycles. The first kappa shape index (κ1) is 22.3. The average Bonchev–Trinajstić information content (AvgIpc) is 2.59. The molecule has 152 valence electrons.